The molecule has 1 unspecified atom stereocenters. The molecule has 2 aromatic carbocycles. The van der Waals surface area contributed by atoms with E-state index in [0.29, 0.717) is 16.1 Å². The molecule has 2 aromatic rings. The average Bonchev–Trinajstić information content (AvgIpc) is 2.54. The minimum atomic E-state index is -3.14. The molecule has 0 aliphatic carbocycles. The summed E-state index contributed by atoms with van der Waals surface area (Å²) in [4.78, 5) is 24.4. The lowest BCUT2D eigenvalue weighted by atomic mass is 10.1. The van der Waals surface area contributed by atoms with Gasteiger partial charge in [0.2, 0.25) is 5.78 Å². The van der Waals surface area contributed by atoms with E-state index in [1.165, 1.54) is 19.1 Å². The number of carbonyl (C=O) groups is 2. The van der Waals surface area contributed by atoms with Gasteiger partial charge in [-0.05, 0) is 48.9 Å². The number of ether oxygens (including phenoxy) is 1. The fourth-order valence-electron chi connectivity index (χ4n) is 2.17. The van der Waals surface area contributed by atoms with Crippen LogP contribution in [-0.4, -0.2) is 32.5 Å². The van der Waals surface area contributed by atoms with Crippen LogP contribution in [0.4, 0.5) is 0 Å². The number of ketones is 1. The molecule has 0 amide bonds. The van der Waals surface area contributed by atoms with Gasteiger partial charge in [-0.2, -0.15) is 0 Å². The highest BCUT2D eigenvalue weighted by Gasteiger charge is 2.20. The van der Waals surface area contributed by atoms with Crippen molar-refractivity contribution in [1.29, 1.82) is 0 Å². The van der Waals surface area contributed by atoms with Crippen molar-refractivity contribution in [2.75, 3.05) is 6.26 Å². The quantitative estimate of drug-likeness (QED) is 0.567. The third-order valence-electron chi connectivity index (χ3n) is 3.40. The molecule has 0 saturated heterocycles. The summed E-state index contributed by atoms with van der Waals surface area (Å²) in [6.07, 6.45) is 0.184. The second kappa shape index (κ2) is 7.80. The molecule has 0 heterocycles. The van der Waals surface area contributed by atoms with Crippen molar-refractivity contribution >= 4 is 33.2 Å². The van der Waals surface area contributed by atoms with Gasteiger partial charge in [-0.1, -0.05) is 23.7 Å². The van der Waals surface area contributed by atoms with Crippen molar-refractivity contribution in [3.63, 3.8) is 0 Å². The van der Waals surface area contributed by atoms with Gasteiger partial charge >= 0.3 is 5.97 Å². The Morgan fingerprint density at radius 3 is 2.04 bits per heavy atom. The predicted molar refractivity (Wildman–Crippen MR) is 95.6 cm³/mol. The SMILES string of the molecule is CC(OC(=O)c1ccc(CS(C)(=O)=O)cc1)C(=O)c1ccc(Cl)cc1. The third kappa shape index (κ3) is 5.69. The van der Waals surface area contributed by atoms with Crippen LogP contribution in [0, 0.1) is 0 Å². The number of hydrogen-bond donors (Lipinski definition) is 0. The maximum atomic E-state index is 12.2. The number of halogens is 1. The van der Waals surface area contributed by atoms with E-state index < -0.39 is 21.9 Å². The van der Waals surface area contributed by atoms with Crippen LogP contribution in [0.15, 0.2) is 48.5 Å². The molecular formula is C18H17ClO5S. The van der Waals surface area contributed by atoms with Gasteiger partial charge in [0.15, 0.2) is 15.9 Å². The van der Waals surface area contributed by atoms with Crippen LogP contribution >= 0.6 is 11.6 Å². The zero-order chi connectivity index (χ0) is 18.6. The Bertz CT molecular complexity index is 871. The summed E-state index contributed by atoms with van der Waals surface area (Å²) in [5.74, 6) is -1.09. The van der Waals surface area contributed by atoms with Crippen LogP contribution < -0.4 is 0 Å². The van der Waals surface area contributed by atoms with E-state index >= 15 is 0 Å². The lowest BCUT2D eigenvalue weighted by molar-refractivity contribution is 0.0319. The predicted octanol–water partition coefficient (Wildman–Crippen LogP) is 3.31. The monoisotopic (exact) mass is 380 g/mol. The summed E-state index contributed by atoms with van der Waals surface area (Å²) in [5.41, 5.74) is 1.21. The molecule has 0 N–H and O–H groups in total. The van der Waals surface area contributed by atoms with Gasteiger partial charge in [0.1, 0.15) is 0 Å². The maximum Gasteiger partial charge on any atom is 0.338 e. The van der Waals surface area contributed by atoms with Gasteiger partial charge in [-0.25, -0.2) is 13.2 Å². The largest absolute Gasteiger partial charge is 0.451 e. The van der Waals surface area contributed by atoms with Crippen molar-refractivity contribution in [2.24, 2.45) is 0 Å². The van der Waals surface area contributed by atoms with Gasteiger partial charge in [0.05, 0.1) is 11.3 Å². The van der Waals surface area contributed by atoms with Crippen molar-refractivity contribution in [1.82, 2.24) is 0 Å². The number of benzene rings is 2. The zero-order valence-corrected chi connectivity index (χ0v) is 15.3. The summed E-state index contributed by atoms with van der Waals surface area (Å²) in [6.45, 7) is 1.49. The Morgan fingerprint density at radius 2 is 1.52 bits per heavy atom. The van der Waals surface area contributed by atoms with Crippen molar-refractivity contribution in [3.8, 4) is 0 Å². The van der Waals surface area contributed by atoms with Crippen molar-refractivity contribution < 1.29 is 22.7 Å². The van der Waals surface area contributed by atoms with E-state index in [0.717, 1.165) is 6.26 Å². The Morgan fingerprint density at radius 1 is 1.00 bits per heavy atom. The molecule has 0 fully saturated rings. The Balaban J connectivity index is 2.03. The second-order valence-electron chi connectivity index (χ2n) is 5.69. The summed E-state index contributed by atoms with van der Waals surface area (Å²) in [6, 6.07) is 12.3. The van der Waals surface area contributed by atoms with Gasteiger partial charge in [0.25, 0.3) is 0 Å². The molecular weight excluding hydrogens is 364 g/mol. The minimum Gasteiger partial charge on any atom is -0.451 e. The van der Waals surface area contributed by atoms with E-state index in [4.69, 9.17) is 16.3 Å². The van der Waals surface area contributed by atoms with Gasteiger partial charge in [-0.3, -0.25) is 4.79 Å². The lowest BCUT2D eigenvalue weighted by Gasteiger charge is -2.12. The van der Waals surface area contributed by atoms with E-state index in [-0.39, 0.29) is 17.1 Å². The summed E-state index contributed by atoms with van der Waals surface area (Å²) < 4.78 is 27.7. The van der Waals surface area contributed by atoms with Crippen LogP contribution in [0.25, 0.3) is 0 Å². The standard InChI is InChI=1S/C18H17ClO5S/c1-12(17(20)14-7-9-16(19)10-8-14)24-18(21)15-5-3-13(4-6-15)11-25(2,22)23/h3-10,12H,11H2,1-2H3. The van der Waals surface area contributed by atoms with Crippen LogP contribution in [0.5, 0.6) is 0 Å². The molecule has 0 aliphatic rings. The Labute approximate surface area is 151 Å². The first-order valence-corrected chi connectivity index (χ1v) is 9.87. The molecule has 25 heavy (non-hydrogen) atoms. The fraction of sp³-hybridized carbons (Fsp3) is 0.222. The van der Waals surface area contributed by atoms with E-state index in [2.05, 4.69) is 0 Å². The molecule has 0 aliphatic heterocycles. The average molecular weight is 381 g/mol. The zero-order valence-electron chi connectivity index (χ0n) is 13.7. The number of hydrogen-bond acceptors (Lipinski definition) is 5. The topological polar surface area (TPSA) is 77.5 Å². The Kier molecular flexibility index (Phi) is 5.98. The summed E-state index contributed by atoms with van der Waals surface area (Å²) in [5, 5.41) is 0.510. The molecule has 0 spiro atoms. The molecule has 0 aromatic heterocycles. The molecule has 0 radical (unpaired) electrons. The van der Waals surface area contributed by atoms with E-state index in [1.807, 2.05) is 0 Å². The molecule has 0 bridgehead atoms. The molecule has 5 nitrogen and oxygen atoms in total. The fourth-order valence-corrected chi connectivity index (χ4v) is 3.09. The highest BCUT2D eigenvalue weighted by molar-refractivity contribution is 7.89. The number of esters is 1. The van der Waals surface area contributed by atoms with Crippen molar-refractivity contribution in [3.05, 3.63) is 70.2 Å². The van der Waals surface area contributed by atoms with E-state index in [9.17, 15) is 18.0 Å². The molecule has 1 atom stereocenters. The van der Waals surface area contributed by atoms with Gasteiger partial charge < -0.3 is 4.74 Å². The highest BCUT2D eigenvalue weighted by Crippen LogP contribution is 2.14. The molecule has 0 saturated carbocycles. The van der Waals surface area contributed by atoms with E-state index in [1.54, 1.807) is 36.4 Å². The first-order chi connectivity index (χ1) is 11.7. The third-order valence-corrected chi connectivity index (χ3v) is 4.51. The number of sulfone groups is 1. The van der Waals surface area contributed by atoms with Gasteiger partial charge in [0, 0.05) is 16.8 Å². The minimum absolute atomic E-state index is 0.103. The second-order valence-corrected chi connectivity index (χ2v) is 8.26. The Hall–Kier alpha value is -2.18. The van der Waals surface area contributed by atoms with Crippen LogP contribution in [-0.2, 0) is 20.3 Å². The van der Waals surface area contributed by atoms with Gasteiger partial charge in [-0.15, -0.1) is 0 Å². The molecule has 2 rings (SSSR count). The van der Waals surface area contributed by atoms with Crippen LogP contribution in [0.3, 0.4) is 0 Å². The smallest absolute Gasteiger partial charge is 0.338 e. The number of rotatable bonds is 6. The molecule has 7 heteroatoms. The normalized spacial score (nSPS) is 12.4. The van der Waals surface area contributed by atoms with Crippen LogP contribution in [0.1, 0.15) is 33.2 Å². The maximum absolute atomic E-state index is 12.2. The first kappa shape index (κ1) is 19.1. The summed E-state index contributed by atoms with van der Waals surface area (Å²) in [7, 11) is -3.14. The lowest BCUT2D eigenvalue weighted by Crippen LogP contribution is -2.24. The summed E-state index contributed by atoms with van der Waals surface area (Å²) >= 11 is 5.78. The number of carbonyl (C=O) groups excluding carboxylic acids is 2. The molecule has 132 valence electrons. The first-order valence-electron chi connectivity index (χ1n) is 7.43. The highest BCUT2D eigenvalue weighted by atomic mass is 35.5. The van der Waals surface area contributed by atoms with Crippen molar-refractivity contribution in [2.45, 2.75) is 18.8 Å². The number of Topliss-reactive ketones (excluding diaryl/α,β-unsaturated/α-hetero) is 1. The van der Waals surface area contributed by atoms with Crippen LogP contribution in [0.2, 0.25) is 5.02 Å².